The number of phenols is 1. The summed E-state index contributed by atoms with van der Waals surface area (Å²) in [6.07, 6.45) is 4.20. The fourth-order valence-electron chi connectivity index (χ4n) is 7.09. The third-order valence-electron chi connectivity index (χ3n) is 8.59. The molecule has 39 heavy (non-hydrogen) atoms. The minimum absolute atomic E-state index is 0.0182. The molecule has 2 aromatic rings. The number of aliphatic hydroxyl groups is 3. The van der Waals surface area contributed by atoms with E-state index in [9.17, 15) is 34.6 Å². The van der Waals surface area contributed by atoms with Crippen LogP contribution in [-0.4, -0.2) is 53.5 Å². The predicted molar refractivity (Wildman–Crippen MR) is 145 cm³/mol. The average molecular weight is 553 g/mol. The fourth-order valence-corrected chi connectivity index (χ4v) is 7.75. The minimum atomic E-state index is -2.02. The Kier molecular flexibility index (Phi) is 6.77. The molecule has 1 heterocycles. The van der Waals surface area contributed by atoms with Gasteiger partial charge in [-0.2, -0.15) is 0 Å². The van der Waals surface area contributed by atoms with Crippen molar-refractivity contribution in [1.82, 2.24) is 4.98 Å². The first-order valence-electron chi connectivity index (χ1n) is 12.9. The molecule has 1 aromatic carbocycles. The van der Waals surface area contributed by atoms with Crippen LogP contribution in [0.5, 0.6) is 5.75 Å². The number of benzene rings is 1. The summed E-state index contributed by atoms with van der Waals surface area (Å²) in [6, 6.07) is 7.10. The number of carbonyl (C=O) groups excluding carboxylic acids is 2. The number of rotatable bonds is 5. The number of fused-ring (bicyclic) bond motifs is 3. The van der Waals surface area contributed by atoms with Crippen molar-refractivity contribution in [3.63, 3.8) is 0 Å². The number of Topliss-reactive ketones (excluding diaryl/α,β-unsaturated/α-hetero) is 1. The minimum Gasteiger partial charge on any atom is -0.616 e. The Morgan fingerprint density at radius 2 is 1.97 bits per heavy atom. The van der Waals surface area contributed by atoms with Gasteiger partial charge >= 0.3 is 0 Å². The highest BCUT2D eigenvalue weighted by molar-refractivity contribution is 7.89. The Balaban J connectivity index is 1.73. The van der Waals surface area contributed by atoms with Gasteiger partial charge in [0.15, 0.2) is 5.78 Å². The monoisotopic (exact) mass is 552 g/mol. The molecule has 10 heteroatoms. The molecule has 0 fully saturated rings. The number of nitrogens with two attached hydrogens (primary N) is 1. The van der Waals surface area contributed by atoms with Crippen molar-refractivity contribution in [3.8, 4) is 17.0 Å². The van der Waals surface area contributed by atoms with Crippen LogP contribution in [0.15, 0.2) is 53.1 Å². The molecule has 3 aliphatic rings. The molecule has 0 radical (unpaired) electrons. The fraction of sp³-hybridized carbons (Fsp3) is 0.414. The molecule has 0 saturated heterocycles. The van der Waals surface area contributed by atoms with Gasteiger partial charge in [-0.05, 0) is 61.8 Å². The summed E-state index contributed by atoms with van der Waals surface area (Å²) in [5.41, 5.74) is 5.39. The summed E-state index contributed by atoms with van der Waals surface area (Å²) in [7, 11) is 0. The number of carbonyl (C=O) groups is 2. The van der Waals surface area contributed by atoms with Gasteiger partial charge in [-0.25, -0.2) is 0 Å². The van der Waals surface area contributed by atoms with Gasteiger partial charge in [0.05, 0.1) is 29.0 Å². The van der Waals surface area contributed by atoms with E-state index in [4.69, 9.17) is 5.73 Å². The van der Waals surface area contributed by atoms with Gasteiger partial charge in [0.25, 0.3) is 5.91 Å². The lowest BCUT2D eigenvalue weighted by atomic mass is 9.55. The van der Waals surface area contributed by atoms with Gasteiger partial charge in [0, 0.05) is 28.8 Å². The standard InChI is InChI=1S/C29H32N2O7S/c1-4-15-18-10-13-9-17-16(19-7-5-6-8-31-19)11-14(12-39(3)38)24(32)21(17)26(34)20(13)27(35)22(18)29(2,37)23(25(15)33)28(30)36/h5-8,11,13,15,18,22,32-33,35,37H,4,9-10,12H2,1-3H3,(H2,30,36). The van der Waals surface area contributed by atoms with E-state index in [0.717, 1.165) is 0 Å². The molecule has 0 bridgehead atoms. The number of phenolic OH excluding ortho intramolecular Hbond substituents is 1. The molecular weight excluding hydrogens is 520 g/mol. The number of aromatic nitrogens is 1. The van der Waals surface area contributed by atoms with Gasteiger partial charge < -0.3 is 30.7 Å². The lowest BCUT2D eigenvalue weighted by Gasteiger charge is -2.51. The molecule has 6 atom stereocenters. The zero-order chi connectivity index (χ0) is 28.4. The Bertz CT molecular complexity index is 1430. The number of nitrogens with zero attached hydrogens (tertiary/aromatic N) is 1. The number of pyridine rings is 1. The van der Waals surface area contributed by atoms with Crippen LogP contribution >= 0.6 is 0 Å². The van der Waals surface area contributed by atoms with Crippen LogP contribution in [0, 0.1) is 23.7 Å². The van der Waals surface area contributed by atoms with Crippen LogP contribution < -0.4 is 5.73 Å². The van der Waals surface area contributed by atoms with Crippen LogP contribution in [0.25, 0.3) is 11.3 Å². The van der Waals surface area contributed by atoms with E-state index in [1.165, 1.54) is 13.2 Å². The largest absolute Gasteiger partial charge is 0.616 e. The van der Waals surface area contributed by atoms with E-state index in [1.807, 2.05) is 13.0 Å². The highest BCUT2D eigenvalue weighted by atomic mass is 32.2. The summed E-state index contributed by atoms with van der Waals surface area (Å²) < 4.78 is 12.1. The van der Waals surface area contributed by atoms with Gasteiger partial charge in [0.1, 0.15) is 28.6 Å². The second-order valence-electron chi connectivity index (χ2n) is 10.9. The number of hydrogen-bond donors (Lipinski definition) is 5. The second-order valence-corrected chi connectivity index (χ2v) is 12.3. The molecule has 6 unspecified atom stereocenters. The number of hydrogen-bond acceptors (Lipinski definition) is 8. The summed E-state index contributed by atoms with van der Waals surface area (Å²) in [6.45, 7) is 3.15. The van der Waals surface area contributed by atoms with Crippen molar-refractivity contribution >= 4 is 22.9 Å². The molecular formula is C29H32N2O7S. The number of allylic oxidation sites excluding steroid dienone is 2. The quantitative estimate of drug-likeness (QED) is 0.351. The highest BCUT2D eigenvalue weighted by Gasteiger charge is 2.58. The van der Waals surface area contributed by atoms with Gasteiger partial charge in [0.2, 0.25) is 0 Å². The number of primary amides is 1. The normalized spacial score (nSPS) is 29.0. The summed E-state index contributed by atoms with van der Waals surface area (Å²) in [5, 5.41) is 45.3. The second kappa shape index (κ2) is 9.69. The summed E-state index contributed by atoms with van der Waals surface area (Å²) >= 11 is -1.31. The van der Waals surface area contributed by atoms with Crippen molar-refractivity contribution in [2.75, 3.05) is 6.26 Å². The zero-order valence-electron chi connectivity index (χ0n) is 22.0. The molecule has 0 aliphatic heterocycles. The third-order valence-corrected chi connectivity index (χ3v) is 9.31. The van der Waals surface area contributed by atoms with E-state index < -0.39 is 52.1 Å². The van der Waals surface area contributed by atoms with E-state index in [-0.39, 0.29) is 39.7 Å². The van der Waals surface area contributed by atoms with E-state index >= 15 is 0 Å². The maximum absolute atomic E-state index is 14.1. The SMILES string of the molecule is CCC1C(O)=C(C(N)=O)C(C)(O)C2C(O)=C3C(=O)c4c(O)c(C[S+](C)[O-])cc(-c5ccccn5)c4CC3CC12. The Morgan fingerprint density at radius 1 is 1.26 bits per heavy atom. The van der Waals surface area contributed by atoms with E-state index in [1.54, 1.807) is 24.4 Å². The lowest BCUT2D eigenvalue weighted by Crippen LogP contribution is -2.55. The molecule has 0 spiro atoms. The van der Waals surface area contributed by atoms with Crippen LogP contribution in [0.2, 0.25) is 0 Å². The number of amides is 1. The molecule has 206 valence electrons. The summed E-state index contributed by atoms with van der Waals surface area (Å²) in [5.74, 6) is -5.03. The zero-order valence-corrected chi connectivity index (χ0v) is 22.8. The van der Waals surface area contributed by atoms with Gasteiger partial charge in [-0.3, -0.25) is 14.6 Å². The Labute approximate surface area is 229 Å². The number of aromatic hydroxyl groups is 1. The topological polar surface area (TPSA) is 177 Å². The van der Waals surface area contributed by atoms with E-state index in [0.29, 0.717) is 41.6 Å². The van der Waals surface area contributed by atoms with Crippen LogP contribution in [-0.2, 0) is 28.1 Å². The molecule has 1 aromatic heterocycles. The molecule has 3 aliphatic carbocycles. The molecule has 0 saturated carbocycles. The van der Waals surface area contributed by atoms with Gasteiger partial charge in [-0.15, -0.1) is 0 Å². The molecule has 5 rings (SSSR count). The number of aliphatic hydroxyl groups excluding tert-OH is 2. The Hall–Kier alpha value is -3.34. The van der Waals surface area contributed by atoms with Gasteiger partial charge in [-0.1, -0.05) is 24.2 Å². The van der Waals surface area contributed by atoms with Crippen molar-refractivity contribution in [1.29, 1.82) is 0 Å². The highest BCUT2D eigenvalue weighted by Crippen LogP contribution is 2.56. The maximum Gasteiger partial charge on any atom is 0.250 e. The van der Waals surface area contributed by atoms with Crippen molar-refractivity contribution in [2.24, 2.45) is 29.4 Å². The maximum atomic E-state index is 14.1. The molecule has 1 amide bonds. The van der Waals surface area contributed by atoms with E-state index in [2.05, 4.69) is 4.98 Å². The molecule has 6 N–H and O–H groups in total. The smallest absolute Gasteiger partial charge is 0.250 e. The molecule has 9 nitrogen and oxygen atoms in total. The third kappa shape index (κ3) is 4.13. The van der Waals surface area contributed by atoms with Crippen molar-refractivity contribution < 1.29 is 34.6 Å². The summed E-state index contributed by atoms with van der Waals surface area (Å²) in [4.78, 5) is 30.9. The van der Waals surface area contributed by atoms with Crippen LogP contribution in [0.3, 0.4) is 0 Å². The predicted octanol–water partition coefficient (Wildman–Crippen LogP) is 3.22. The van der Waals surface area contributed by atoms with Crippen LogP contribution in [0.1, 0.15) is 48.2 Å². The first-order valence-corrected chi connectivity index (χ1v) is 14.6. The lowest BCUT2D eigenvalue weighted by molar-refractivity contribution is -0.120. The van der Waals surface area contributed by atoms with Crippen molar-refractivity contribution in [2.45, 2.75) is 44.5 Å². The Morgan fingerprint density at radius 3 is 2.56 bits per heavy atom. The first-order chi connectivity index (χ1) is 18.4. The average Bonchev–Trinajstić information content (AvgIpc) is 2.85. The van der Waals surface area contributed by atoms with Crippen LogP contribution in [0.4, 0.5) is 0 Å². The van der Waals surface area contributed by atoms with Crippen molar-refractivity contribution in [3.05, 3.63) is 69.8 Å². The first kappa shape index (κ1) is 27.2. The number of ketones is 1.